The van der Waals surface area contributed by atoms with Gasteiger partial charge in [0, 0.05) is 32.6 Å². The first kappa shape index (κ1) is 14.2. The van der Waals surface area contributed by atoms with Crippen LogP contribution in [-0.4, -0.2) is 49.6 Å². The summed E-state index contributed by atoms with van der Waals surface area (Å²) in [5.74, 6) is 0.491. The van der Waals surface area contributed by atoms with Crippen molar-refractivity contribution in [2.24, 2.45) is 5.41 Å². The normalized spacial score (nSPS) is 21.8. The van der Waals surface area contributed by atoms with Crippen molar-refractivity contribution in [3.63, 3.8) is 0 Å². The highest BCUT2D eigenvalue weighted by molar-refractivity contribution is 7.86. The molecule has 4 nitrogen and oxygen atoms in total. The van der Waals surface area contributed by atoms with Gasteiger partial charge in [-0.25, -0.2) is 0 Å². The lowest BCUT2D eigenvalue weighted by atomic mass is 9.93. The van der Waals surface area contributed by atoms with E-state index >= 15 is 0 Å². The first-order chi connectivity index (χ1) is 7.29. The van der Waals surface area contributed by atoms with Gasteiger partial charge in [0.15, 0.2) is 0 Å². The standard InChI is InChI=1S/C10H21ClN2O2S/c1-10(2)5-8-13(9-10)16(14,15)12(3)7-4-6-11/h4-9H2,1-3H3. The van der Waals surface area contributed by atoms with E-state index in [9.17, 15) is 8.42 Å². The molecule has 0 radical (unpaired) electrons. The van der Waals surface area contributed by atoms with Crippen LogP contribution < -0.4 is 0 Å². The molecular formula is C10H21ClN2O2S. The molecule has 1 saturated heterocycles. The van der Waals surface area contributed by atoms with Gasteiger partial charge in [0.05, 0.1) is 0 Å². The summed E-state index contributed by atoms with van der Waals surface area (Å²) in [6.45, 7) is 5.92. The van der Waals surface area contributed by atoms with Crippen LogP contribution in [0.25, 0.3) is 0 Å². The largest absolute Gasteiger partial charge is 0.281 e. The third kappa shape index (κ3) is 3.32. The van der Waals surface area contributed by atoms with E-state index < -0.39 is 10.2 Å². The predicted octanol–water partition coefficient (Wildman–Crippen LogP) is 1.52. The minimum Gasteiger partial charge on any atom is -0.195 e. The zero-order chi connectivity index (χ0) is 12.4. The van der Waals surface area contributed by atoms with E-state index in [1.165, 1.54) is 4.31 Å². The molecule has 0 bridgehead atoms. The van der Waals surface area contributed by atoms with E-state index in [4.69, 9.17) is 11.6 Å². The maximum atomic E-state index is 12.1. The zero-order valence-corrected chi connectivity index (χ0v) is 11.8. The van der Waals surface area contributed by atoms with Crippen LogP contribution in [-0.2, 0) is 10.2 Å². The van der Waals surface area contributed by atoms with Crippen molar-refractivity contribution in [1.29, 1.82) is 0 Å². The molecule has 1 rings (SSSR count). The third-order valence-corrected chi connectivity index (χ3v) is 5.17. The fourth-order valence-electron chi connectivity index (χ4n) is 1.85. The minimum atomic E-state index is -3.27. The van der Waals surface area contributed by atoms with Crippen molar-refractivity contribution < 1.29 is 8.42 Å². The van der Waals surface area contributed by atoms with Gasteiger partial charge in [-0.15, -0.1) is 11.6 Å². The van der Waals surface area contributed by atoms with Gasteiger partial charge in [0.25, 0.3) is 10.2 Å². The highest BCUT2D eigenvalue weighted by Gasteiger charge is 2.37. The van der Waals surface area contributed by atoms with Crippen molar-refractivity contribution >= 4 is 21.8 Å². The molecule has 0 aromatic rings. The van der Waals surface area contributed by atoms with Gasteiger partial charge >= 0.3 is 0 Å². The highest BCUT2D eigenvalue weighted by atomic mass is 35.5. The van der Waals surface area contributed by atoms with Gasteiger partial charge in [-0.2, -0.15) is 17.0 Å². The summed E-state index contributed by atoms with van der Waals surface area (Å²) in [4.78, 5) is 0. The summed E-state index contributed by atoms with van der Waals surface area (Å²) < 4.78 is 27.2. The zero-order valence-electron chi connectivity index (χ0n) is 10.2. The van der Waals surface area contributed by atoms with E-state index in [0.717, 1.165) is 6.42 Å². The Balaban J connectivity index is 2.64. The monoisotopic (exact) mass is 268 g/mol. The van der Waals surface area contributed by atoms with E-state index in [-0.39, 0.29) is 5.41 Å². The Kier molecular flexibility index (Phi) is 4.63. The van der Waals surface area contributed by atoms with Crippen molar-refractivity contribution in [2.45, 2.75) is 26.7 Å². The average Bonchev–Trinajstić information content (AvgIpc) is 2.55. The molecule has 6 heteroatoms. The molecule has 0 N–H and O–H groups in total. The smallest absolute Gasteiger partial charge is 0.195 e. The lowest BCUT2D eigenvalue weighted by Gasteiger charge is -2.25. The molecule has 1 aliphatic heterocycles. The molecule has 0 atom stereocenters. The minimum absolute atomic E-state index is 0.0976. The Bertz CT molecular complexity index is 330. The van der Waals surface area contributed by atoms with Crippen LogP contribution in [0.5, 0.6) is 0 Å². The van der Waals surface area contributed by atoms with Crippen LogP contribution in [0.4, 0.5) is 0 Å². The van der Waals surface area contributed by atoms with Crippen molar-refractivity contribution in [1.82, 2.24) is 8.61 Å². The summed E-state index contributed by atoms with van der Waals surface area (Å²) in [6, 6.07) is 0. The molecule has 96 valence electrons. The molecule has 0 aromatic heterocycles. The molecule has 1 aliphatic rings. The van der Waals surface area contributed by atoms with Gasteiger partial charge in [-0.3, -0.25) is 0 Å². The summed E-state index contributed by atoms with van der Waals surface area (Å²) in [7, 11) is -1.66. The quantitative estimate of drug-likeness (QED) is 0.710. The van der Waals surface area contributed by atoms with Crippen LogP contribution in [0.15, 0.2) is 0 Å². The second-order valence-electron chi connectivity index (χ2n) is 5.12. The molecular weight excluding hydrogens is 248 g/mol. The maximum absolute atomic E-state index is 12.1. The fourth-order valence-corrected chi connectivity index (χ4v) is 3.56. The van der Waals surface area contributed by atoms with E-state index in [1.54, 1.807) is 11.4 Å². The Morgan fingerprint density at radius 1 is 1.44 bits per heavy atom. The molecule has 0 aromatic carbocycles. The number of alkyl halides is 1. The summed E-state index contributed by atoms with van der Waals surface area (Å²) in [5, 5.41) is 0. The Morgan fingerprint density at radius 2 is 2.06 bits per heavy atom. The van der Waals surface area contributed by atoms with Crippen LogP contribution >= 0.6 is 11.6 Å². The van der Waals surface area contributed by atoms with Gasteiger partial charge in [-0.05, 0) is 18.3 Å². The molecule has 0 spiro atoms. The van der Waals surface area contributed by atoms with Crippen molar-refractivity contribution in [2.75, 3.05) is 32.6 Å². The van der Waals surface area contributed by atoms with Crippen LogP contribution in [0.3, 0.4) is 0 Å². The van der Waals surface area contributed by atoms with E-state index in [0.29, 0.717) is 31.9 Å². The Morgan fingerprint density at radius 3 is 2.50 bits per heavy atom. The van der Waals surface area contributed by atoms with Crippen LogP contribution in [0, 0.1) is 5.41 Å². The Labute approximate surface area is 104 Å². The lowest BCUT2D eigenvalue weighted by Crippen LogP contribution is -2.41. The summed E-state index contributed by atoms with van der Waals surface area (Å²) in [5.41, 5.74) is 0.0976. The number of hydrogen-bond acceptors (Lipinski definition) is 2. The van der Waals surface area contributed by atoms with Gasteiger partial charge < -0.3 is 0 Å². The number of rotatable bonds is 5. The van der Waals surface area contributed by atoms with Crippen LogP contribution in [0.2, 0.25) is 0 Å². The lowest BCUT2D eigenvalue weighted by molar-refractivity contribution is 0.351. The molecule has 16 heavy (non-hydrogen) atoms. The molecule has 1 fully saturated rings. The second kappa shape index (κ2) is 5.21. The Hall–Kier alpha value is 0.160. The van der Waals surface area contributed by atoms with Crippen molar-refractivity contribution in [3.8, 4) is 0 Å². The molecule has 1 heterocycles. The molecule has 0 unspecified atom stereocenters. The third-order valence-electron chi connectivity index (χ3n) is 2.97. The van der Waals surface area contributed by atoms with Gasteiger partial charge in [-0.1, -0.05) is 13.8 Å². The van der Waals surface area contributed by atoms with E-state index in [1.807, 2.05) is 0 Å². The van der Waals surface area contributed by atoms with Gasteiger partial charge in [0.2, 0.25) is 0 Å². The van der Waals surface area contributed by atoms with Gasteiger partial charge in [0.1, 0.15) is 0 Å². The first-order valence-corrected chi connectivity index (χ1v) is 7.50. The number of nitrogens with zero attached hydrogens (tertiary/aromatic N) is 2. The topological polar surface area (TPSA) is 40.6 Å². The average molecular weight is 269 g/mol. The first-order valence-electron chi connectivity index (χ1n) is 5.57. The summed E-state index contributed by atoms with van der Waals surface area (Å²) >= 11 is 5.57. The van der Waals surface area contributed by atoms with E-state index in [2.05, 4.69) is 13.8 Å². The molecule has 0 amide bonds. The number of halogens is 1. The molecule has 0 saturated carbocycles. The highest BCUT2D eigenvalue weighted by Crippen LogP contribution is 2.31. The molecule has 0 aliphatic carbocycles. The SMILES string of the molecule is CN(CCCCl)S(=O)(=O)N1CCC(C)(C)C1. The maximum Gasteiger partial charge on any atom is 0.281 e. The predicted molar refractivity (Wildman–Crippen MR) is 66.9 cm³/mol. The van der Waals surface area contributed by atoms with Crippen molar-refractivity contribution in [3.05, 3.63) is 0 Å². The number of hydrogen-bond donors (Lipinski definition) is 0. The summed E-state index contributed by atoms with van der Waals surface area (Å²) in [6.07, 6.45) is 1.62. The second-order valence-corrected chi connectivity index (χ2v) is 7.53. The fraction of sp³-hybridized carbons (Fsp3) is 1.00. The van der Waals surface area contributed by atoms with Crippen LogP contribution in [0.1, 0.15) is 26.7 Å².